The summed E-state index contributed by atoms with van der Waals surface area (Å²) in [5, 5.41) is 18.5. The minimum absolute atomic E-state index is 0.225. The van der Waals surface area contributed by atoms with Gasteiger partial charge in [-0.3, -0.25) is 10.00 Å². The van der Waals surface area contributed by atoms with Crippen molar-refractivity contribution in [1.82, 2.24) is 15.1 Å². The second-order valence-corrected chi connectivity index (χ2v) is 5.62. The first-order valence-corrected chi connectivity index (χ1v) is 7.17. The first-order chi connectivity index (χ1) is 8.88. The third-order valence-corrected chi connectivity index (χ3v) is 4.20. The van der Waals surface area contributed by atoms with Crippen molar-refractivity contribution in [3.63, 3.8) is 0 Å². The lowest BCUT2D eigenvalue weighted by Gasteiger charge is -2.20. The van der Waals surface area contributed by atoms with Gasteiger partial charge in [-0.2, -0.15) is 5.10 Å². The van der Waals surface area contributed by atoms with Crippen LogP contribution in [0.3, 0.4) is 0 Å². The summed E-state index contributed by atoms with van der Waals surface area (Å²) in [5.74, 6) is 0. The highest BCUT2D eigenvalue weighted by molar-refractivity contribution is 7.13. The lowest BCUT2D eigenvalue weighted by molar-refractivity contribution is 0.183. The van der Waals surface area contributed by atoms with Gasteiger partial charge in [-0.15, -0.1) is 11.3 Å². The van der Waals surface area contributed by atoms with Gasteiger partial charge in [0.05, 0.1) is 23.4 Å². The predicted molar refractivity (Wildman–Crippen MR) is 72.4 cm³/mol. The Morgan fingerprint density at radius 1 is 1.50 bits per heavy atom. The summed E-state index contributed by atoms with van der Waals surface area (Å²) in [6, 6.07) is 4.81. The Bertz CT molecular complexity index is 490. The van der Waals surface area contributed by atoms with Crippen molar-refractivity contribution in [2.24, 2.45) is 0 Å². The Hall–Kier alpha value is -1.17. The van der Waals surface area contributed by atoms with Gasteiger partial charge in [0.25, 0.3) is 0 Å². The molecular formula is C13H17N3OS. The highest BCUT2D eigenvalue weighted by atomic mass is 32.1. The minimum atomic E-state index is 0.225. The van der Waals surface area contributed by atoms with Crippen LogP contribution in [0.2, 0.25) is 0 Å². The van der Waals surface area contributed by atoms with Crippen LogP contribution in [-0.4, -0.2) is 39.4 Å². The molecule has 0 amide bonds. The molecule has 2 N–H and O–H groups in total. The van der Waals surface area contributed by atoms with Crippen LogP contribution in [0.15, 0.2) is 23.7 Å². The van der Waals surface area contributed by atoms with E-state index in [0.717, 1.165) is 18.8 Å². The van der Waals surface area contributed by atoms with Crippen LogP contribution >= 0.6 is 11.3 Å². The molecule has 5 heteroatoms. The predicted octanol–water partition coefficient (Wildman–Crippen LogP) is 2.09. The van der Waals surface area contributed by atoms with Crippen LogP contribution in [0.25, 0.3) is 10.6 Å². The molecule has 0 bridgehead atoms. The summed E-state index contributed by atoms with van der Waals surface area (Å²) in [7, 11) is 0. The van der Waals surface area contributed by atoms with E-state index in [1.54, 1.807) is 11.3 Å². The van der Waals surface area contributed by atoms with Crippen molar-refractivity contribution in [3.8, 4) is 10.6 Å². The molecule has 4 nitrogen and oxygen atoms in total. The zero-order valence-corrected chi connectivity index (χ0v) is 11.0. The molecular weight excluding hydrogens is 246 g/mol. The summed E-state index contributed by atoms with van der Waals surface area (Å²) in [4.78, 5) is 3.57. The number of thiophene rings is 1. The van der Waals surface area contributed by atoms with Crippen LogP contribution in [0, 0.1) is 0 Å². The van der Waals surface area contributed by atoms with Crippen LogP contribution < -0.4 is 0 Å². The van der Waals surface area contributed by atoms with Gasteiger partial charge < -0.3 is 5.11 Å². The second kappa shape index (κ2) is 5.22. The van der Waals surface area contributed by atoms with Crippen molar-refractivity contribution >= 4 is 11.3 Å². The fourth-order valence-corrected chi connectivity index (χ4v) is 3.00. The van der Waals surface area contributed by atoms with E-state index in [2.05, 4.69) is 32.6 Å². The van der Waals surface area contributed by atoms with Gasteiger partial charge in [-0.05, 0) is 24.3 Å². The highest BCUT2D eigenvalue weighted by Gasteiger charge is 2.29. The van der Waals surface area contributed by atoms with Gasteiger partial charge in [0.2, 0.25) is 0 Å². The number of aliphatic hydroxyl groups excluding tert-OH is 1. The maximum absolute atomic E-state index is 9.13. The molecule has 0 radical (unpaired) electrons. The van der Waals surface area contributed by atoms with Crippen LogP contribution in [0.5, 0.6) is 0 Å². The molecule has 2 heterocycles. The summed E-state index contributed by atoms with van der Waals surface area (Å²) >= 11 is 1.72. The lowest BCUT2D eigenvalue weighted by atomic mass is 10.2. The number of aliphatic hydroxyl groups is 1. The molecule has 0 unspecified atom stereocenters. The average molecular weight is 263 g/mol. The van der Waals surface area contributed by atoms with Crippen molar-refractivity contribution in [1.29, 1.82) is 0 Å². The smallest absolute Gasteiger partial charge is 0.0794 e. The van der Waals surface area contributed by atoms with Gasteiger partial charge in [0.1, 0.15) is 0 Å². The normalized spacial score (nSPS) is 15.4. The number of H-pyrrole nitrogens is 1. The molecule has 1 fully saturated rings. The van der Waals surface area contributed by atoms with Crippen LogP contribution in [0.4, 0.5) is 0 Å². The quantitative estimate of drug-likeness (QED) is 0.839. The second-order valence-electron chi connectivity index (χ2n) is 4.67. The average Bonchev–Trinajstić information content (AvgIpc) is 2.90. The van der Waals surface area contributed by atoms with E-state index >= 15 is 0 Å². The molecule has 0 saturated heterocycles. The fourth-order valence-electron chi connectivity index (χ4n) is 2.24. The minimum Gasteiger partial charge on any atom is -0.395 e. The molecule has 96 valence electrons. The molecule has 1 aliphatic rings. The highest BCUT2D eigenvalue weighted by Crippen LogP contribution is 2.31. The molecule has 3 rings (SSSR count). The molecule has 0 aromatic carbocycles. The van der Waals surface area contributed by atoms with Gasteiger partial charge in [0, 0.05) is 24.7 Å². The summed E-state index contributed by atoms with van der Waals surface area (Å²) in [6.45, 7) is 1.84. The van der Waals surface area contributed by atoms with Gasteiger partial charge in [0.15, 0.2) is 0 Å². The summed E-state index contributed by atoms with van der Waals surface area (Å²) in [6.07, 6.45) is 4.42. The van der Waals surface area contributed by atoms with E-state index in [9.17, 15) is 0 Å². The molecule has 2 aromatic rings. The zero-order valence-electron chi connectivity index (χ0n) is 10.2. The molecule has 2 aromatic heterocycles. The molecule has 1 saturated carbocycles. The topological polar surface area (TPSA) is 52.1 Å². The lowest BCUT2D eigenvalue weighted by Crippen LogP contribution is -2.28. The number of hydrogen-bond donors (Lipinski definition) is 2. The van der Waals surface area contributed by atoms with Crippen molar-refractivity contribution < 1.29 is 5.11 Å². The van der Waals surface area contributed by atoms with Crippen molar-refractivity contribution in [2.75, 3.05) is 13.2 Å². The van der Waals surface area contributed by atoms with Gasteiger partial charge in [-0.25, -0.2) is 0 Å². The largest absolute Gasteiger partial charge is 0.395 e. The Labute approximate surface area is 110 Å². The number of aromatic amines is 1. The van der Waals surface area contributed by atoms with Gasteiger partial charge >= 0.3 is 0 Å². The number of rotatable bonds is 6. The Balaban J connectivity index is 1.78. The number of nitrogens with zero attached hydrogens (tertiary/aromatic N) is 2. The van der Waals surface area contributed by atoms with Crippen molar-refractivity contribution in [2.45, 2.75) is 25.4 Å². The third kappa shape index (κ3) is 2.48. The Kier molecular flexibility index (Phi) is 3.45. The molecule has 0 spiro atoms. The maximum Gasteiger partial charge on any atom is 0.0794 e. The molecule has 0 atom stereocenters. The van der Waals surface area contributed by atoms with E-state index in [-0.39, 0.29) is 6.61 Å². The monoisotopic (exact) mass is 263 g/mol. The fraction of sp³-hybridized carbons (Fsp3) is 0.462. The van der Waals surface area contributed by atoms with Crippen LogP contribution in [0.1, 0.15) is 18.4 Å². The Morgan fingerprint density at radius 3 is 3.06 bits per heavy atom. The van der Waals surface area contributed by atoms with E-state index in [1.165, 1.54) is 23.3 Å². The number of aromatic nitrogens is 2. The summed E-state index contributed by atoms with van der Waals surface area (Å²) in [5.41, 5.74) is 2.34. The maximum atomic E-state index is 9.13. The van der Waals surface area contributed by atoms with E-state index in [0.29, 0.717) is 6.04 Å². The van der Waals surface area contributed by atoms with Gasteiger partial charge in [-0.1, -0.05) is 6.07 Å². The first kappa shape index (κ1) is 11.9. The van der Waals surface area contributed by atoms with E-state index in [4.69, 9.17) is 5.11 Å². The number of nitrogens with one attached hydrogen (secondary N) is 1. The number of hydrogen-bond acceptors (Lipinski definition) is 4. The molecule has 18 heavy (non-hydrogen) atoms. The molecule has 1 aliphatic carbocycles. The van der Waals surface area contributed by atoms with Crippen molar-refractivity contribution in [3.05, 3.63) is 29.3 Å². The first-order valence-electron chi connectivity index (χ1n) is 6.29. The standard InChI is InChI=1S/C13H17N3OS/c17-6-5-16(11-3-4-11)9-10-8-14-15-13(10)12-2-1-7-18-12/h1-2,7-8,11,17H,3-6,9H2,(H,14,15). The SMILES string of the molecule is OCCN(Cc1cn[nH]c1-c1cccs1)C1CC1. The van der Waals surface area contributed by atoms with E-state index < -0.39 is 0 Å². The zero-order chi connectivity index (χ0) is 12.4. The Morgan fingerprint density at radius 2 is 2.39 bits per heavy atom. The summed E-state index contributed by atoms with van der Waals surface area (Å²) < 4.78 is 0. The third-order valence-electron chi connectivity index (χ3n) is 3.31. The van der Waals surface area contributed by atoms with Crippen LogP contribution in [-0.2, 0) is 6.54 Å². The van der Waals surface area contributed by atoms with E-state index in [1.807, 2.05) is 6.20 Å². The molecule has 0 aliphatic heterocycles.